The van der Waals surface area contributed by atoms with Gasteiger partial charge in [-0.1, -0.05) is 91.0 Å². The molecule has 0 aliphatic carbocycles. The molecule has 226 valence electrons. The number of para-hydroxylation sites is 1. The SMILES string of the molecule is c1ccc(-c2ccc(N(c3ccc4oc5ccccc5c4c3)c3ccc4oc5ccc6nc(-c7ccccc7)sc6c5c4c3)cc2)cc1. The fourth-order valence-corrected chi connectivity index (χ4v) is 7.93. The van der Waals surface area contributed by atoms with Crippen molar-refractivity contribution in [3.8, 4) is 21.7 Å². The molecule has 3 heterocycles. The Balaban J connectivity index is 1.18. The zero-order chi connectivity index (χ0) is 31.6. The molecule has 0 saturated heterocycles. The maximum absolute atomic E-state index is 6.43. The number of hydrogen-bond donors (Lipinski definition) is 0. The third-order valence-electron chi connectivity index (χ3n) is 9.10. The van der Waals surface area contributed by atoms with Gasteiger partial charge in [0, 0.05) is 44.2 Å². The number of hydrogen-bond acceptors (Lipinski definition) is 5. The molecule has 0 spiro atoms. The van der Waals surface area contributed by atoms with E-state index < -0.39 is 0 Å². The molecule has 0 fully saturated rings. The molecule has 10 rings (SSSR count). The van der Waals surface area contributed by atoms with Crippen LogP contribution in [0.3, 0.4) is 0 Å². The van der Waals surface area contributed by atoms with E-state index >= 15 is 0 Å². The summed E-state index contributed by atoms with van der Waals surface area (Å²) in [5.41, 5.74) is 11.1. The van der Waals surface area contributed by atoms with Crippen LogP contribution in [0.4, 0.5) is 17.1 Å². The Morgan fingerprint density at radius 1 is 0.438 bits per heavy atom. The second-order valence-electron chi connectivity index (χ2n) is 12.0. The number of fused-ring (bicyclic) bond motifs is 8. The third-order valence-corrected chi connectivity index (χ3v) is 10.2. The predicted octanol–water partition coefficient (Wildman–Crippen LogP) is 12.9. The van der Waals surface area contributed by atoms with Crippen LogP contribution in [0.5, 0.6) is 0 Å². The topological polar surface area (TPSA) is 42.4 Å². The van der Waals surface area contributed by atoms with Crippen molar-refractivity contribution in [3.63, 3.8) is 0 Å². The van der Waals surface area contributed by atoms with Crippen LogP contribution in [-0.2, 0) is 0 Å². The lowest BCUT2D eigenvalue weighted by Gasteiger charge is -2.26. The van der Waals surface area contributed by atoms with E-state index in [0.29, 0.717) is 0 Å². The van der Waals surface area contributed by atoms with Gasteiger partial charge in [0.25, 0.3) is 0 Å². The molecular formula is C43H26N2O2S. The first-order chi connectivity index (χ1) is 23.8. The second-order valence-corrected chi connectivity index (χ2v) is 13.0. The van der Waals surface area contributed by atoms with Gasteiger partial charge in [-0.15, -0.1) is 11.3 Å². The molecule has 0 radical (unpaired) electrons. The molecule has 7 aromatic carbocycles. The highest BCUT2D eigenvalue weighted by atomic mass is 32.1. The molecule has 48 heavy (non-hydrogen) atoms. The van der Waals surface area contributed by atoms with E-state index in [-0.39, 0.29) is 0 Å². The van der Waals surface area contributed by atoms with Gasteiger partial charge in [-0.05, 0) is 77.9 Å². The number of anilines is 3. The molecule has 0 aliphatic rings. The summed E-state index contributed by atoms with van der Waals surface area (Å²) in [7, 11) is 0. The van der Waals surface area contributed by atoms with Crippen molar-refractivity contribution >= 4 is 82.5 Å². The van der Waals surface area contributed by atoms with Crippen LogP contribution in [0.15, 0.2) is 167 Å². The van der Waals surface area contributed by atoms with E-state index in [0.717, 1.165) is 81.7 Å². The van der Waals surface area contributed by atoms with Crippen LogP contribution in [0.2, 0.25) is 0 Å². The Morgan fingerprint density at radius 3 is 1.77 bits per heavy atom. The minimum absolute atomic E-state index is 0.853. The smallest absolute Gasteiger partial charge is 0.137 e. The Kier molecular flexibility index (Phi) is 6.01. The highest BCUT2D eigenvalue weighted by molar-refractivity contribution is 7.22. The van der Waals surface area contributed by atoms with E-state index in [4.69, 9.17) is 13.8 Å². The van der Waals surface area contributed by atoms with Crippen molar-refractivity contribution < 1.29 is 8.83 Å². The van der Waals surface area contributed by atoms with Gasteiger partial charge in [0.15, 0.2) is 0 Å². The maximum atomic E-state index is 6.43. The standard InChI is InChI=1S/C43H26N2O2S/c1-3-9-27(10-4-1)28-15-17-30(18-16-28)45(31-19-22-38-34(25-31)33-13-7-8-14-37(33)46-38)32-20-23-39-35(26-32)41-40(47-39)24-21-36-42(41)48-43(44-36)29-11-5-2-6-12-29/h1-26H. The van der Waals surface area contributed by atoms with Crippen molar-refractivity contribution in [2.24, 2.45) is 0 Å². The highest BCUT2D eigenvalue weighted by Crippen LogP contribution is 2.44. The Labute approximate surface area is 279 Å². The van der Waals surface area contributed by atoms with Crippen LogP contribution in [0.1, 0.15) is 0 Å². The summed E-state index contributed by atoms with van der Waals surface area (Å²) in [6.45, 7) is 0. The largest absolute Gasteiger partial charge is 0.456 e. The quantitative estimate of drug-likeness (QED) is 0.189. The minimum Gasteiger partial charge on any atom is -0.456 e. The maximum Gasteiger partial charge on any atom is 0.137 e. The molecule has 3 aromatic heterocycles. The fourth-order valence-electron chi connectivity index (χ4n) is 6.81. The molecule has 0 bridgehead atoms. The van der Waals surface area contributed by atoms with E-state index in [9.17, 15) is 0 Å². The molecule has 0 aliphatic heterocycles. The van der Waals surface area contributed by atoms with Crippen LogP contribution < -0.4 is 4.90 Å². The molecule has 4 nitrogen and oxygen atoms in total. The van der Waals surface area contributed by atoms with E-state index in [1.54, 1.807) is 11.3 Å². The fraction of sp³-hybridized carbons (Fsp3) is 0. The number of benzene rings is 7. The number of thiazole rings is 1. The van der Waals surface area contributed by atoms with Crippen molar-refractivity contribution in [2.75, 3.05) is 4.90 Å². The predicted molar refractivity (Wildman–Crippen MR) is 200 cm³/mol. The number of furan rings is 2. The summed E-state index contributed by atoms with van der Waals surface area (Å²) in [5.74, 6) is 0. The molecule has 0 saturated carbocycles. The number of rotatable bonds is 5. The molecule has 0 unspecified atom stereocenters. The van der Waals surface area contributed by atoms with Gasteiger partial charge in [0.2, 0.25) is 0 Å². The summed E-state index contributed by atoms with van der Waals surface area (Å²) in [6.07, 6.45) is 0. The number of aromatic nitrogens is 1. The minimum atomic E-state index is 0.853. The molecule has 0 N–H and O–H groups in total. The lowest BCUT2D eigenvalue weighted by molar-refractivity contribution is 0.669. The van der Waals surface area contributed by atoms with Crippen molar-refractivity contribution in [3.05, 3.63) is 158 Å². The van der Waals surface area contributed by atoms with Gasteiger partial charge in [-0.2, -0.15) is 0 Å². The average molecular weight is 635 g/mol. The zero-order valence-electron chi connectivity index (χ0n) is 25.6. The summed E-state index contributed by atoms with van der Waals surface area (Å²) >= 11 is 1.71. The van der Waals surface area contributed by atoms with Crippen molar-refractivity contribution in [1.29, 1.82) is 0 Å². The lowest BCUT2D eigenvalue weighted by Crippen LogP contribution is -2.09. The first kappa shape index (κ1) is 27.0. The monoisotopic (exact) mass is 634 g/mol. The molecule has 0 atom stereocenters. The van der Waals surface area contributed by atoms with Gasteiger partial charge in [0.1, 0.15) is 27.3 Å². The summed E-state index contributed by atoms with van der Waals surface area (Å²) in [4.78, 5) is 7.33. The first-order valence-corrected chi connectivity index (χ1v) is 16.8. The Morgan fingerprint density at radius 2 is 1.00 bits per heavy atom. The summed E-state index contributed by atoms with van der Waals surface area (Å²) < 4.78 is 13.8. The van der Waals surface area contributed by atoms with Crippen molar-refractivity contribution in [1.82, 2.24) is 4.98 Å². The van der Waals surface area contributed by atoms with Crippen LogP contribution in [0.25, 0.3) is 75.8 Å². The molecule has 5 heteroatoms. The van der Waals surface area contributed by atoms with Crippen molar-refractivity contribution in [2.45, 2.75) is 0 Å². The van der Waals surface area contributed by atoms with Crippen LogP contribution in [-0.4, -0.2) is 4.98 Å². The highest BCUT2D eigenvalue weighted by Gasteiger charge is 2.20. The van der Waals surface area contributed by atoms with Gasteiger partial charge in [-0.25, -0.2) is 4.98 Å². The second kappa shape index (κ2) is 10.7. The first-order valence-electron chi connectivity index (χ1n) is 15.9. The van der Waals surface area contributed by atoms with Gasteiger partial charge in [-0.3, -0.25) is 0 Å². The average Bonchev–Trinajstić information content (AvgIpc) is 3.86. The van der Waals surface area contributed by atoms with E-state index in [1.165, 1.54) is 11.1 Å². The molecular weight excluding hydrogens is 609 g/mol. The Bertz CT molecular complexity index is 2780. The number of nitrogens with zero attached hydrogens (tertiary/aromatic N) is 2. The molecule has 0 amide bonds. The molecule has 10 aromatic rings. The van der Waals surface area contributed by atoms with Crippen LogP contribution >= 0.6 is 11.3 Å². The van der Waals surface area contributed by atoms with Crippen LogP contribution in [0, 0.1) is 0 Å². The van der Waals surface area contributed by atoms with Gasteiger partial charge >= 0.3 is 0 Å². The van der Waals surface area contributed by atoms with E-state index in [1.807, 2.05) is 30.3 Å². The van der Waals surface area contributed by atoms with E-state index in [2.05, 4.69) is 132 Å². The summed E-state index contributed by atoms with van der Waals surface area (Å²) in [6, 6.07) is 54.9. The van der Waals surface area contributed by atoms with Gasteiger partial charge < -0.3 is 13.7 Å². The third kappa shape index (κ3) is 4.33. The van der Waals surface area contributed by atoms with Gasteiger partial charge in [0.05, 0.1) is 10.2 Å². The normalized spacial score (nSPS) is 11.8. The lowest BCUT2D eigenvalue weighted by atomic mass is 10.0. The Hall–Kier alpha value is -6.17. The zero-order valence-corrected chi connectivity index (χ0v) is 26.4. The summed E-state index contributed by atoms with van der Waals surface area (Å²) in [5, 5.41) is 5.36.